The van der Waals surface area contributed by atoms with Crippen molar-refractivity contribution >= 4 is 43.5 Å². The summed E-state index contributed by atoms with van der Waals surface area (Å²) in [5, 5.41) is 2.85. The average molecular weight is 619 g/mol. The van der Waals surface area contributed by atoms with Gasteiger partial charge in [-0.05, 0) is 48.7 Å². The zero-order valence-electron chi connectivity index (χ0n) is 22.0. The summed E-state index contributed by atoms with van der Waals surface area (Å²) in [4.78, 5) is 28.5. The minimum absolute atomic E-state index is 0.0261. The topological polar surface area (TPSA) is 86.8 Å². The van der Waals surface area contributed by atoms with Gasteiger partial charge in [0.15, 0.2) is 0 Å². The van der Waals surface area contributed by atoms with Gasteiger partial charge < -0.3 is 10.2 Å². The predicted molar refractivity (Wildman–Crippen MR) is 155 cm³/mol. The van der Waals surface area contributed by atoms with Crippen LogP contribution in [0.25, 0.3) is 0 Å². The standard InChI is InChI=1S/C29H33BrFN3O4S/c1-3-32-29(36)27(20-22-10-5-4-6-11-22)33(21-23-15-17-24(30)18-16-23)28(35)14-9-19-34(39(2,37)38)26-13-8-7-12-25(26)31/h4-8,10-13,15-18,27H,3,9,14,19-21H2,1-2H3,(H,32,36)/t27-/m0/s1. The Morgan fingerprint density at radius 2 is 1.59 bits per heavy atom. The van der Waals surface area contributed by atoms with Crippen molar-refractivity contribution in [1.29, 1.82) is 0 Å². The van der Waals surface area contributed by atoms with Crippen molar-refractivity contribution in [1.82, 2.24) is 10.2 Å². The minimum Gasteiger partial charge on any atom is -0.355 e. The van der Waals surface area contributed by atoms with Crippen LogP contribution in [0, 0.1) is 5.82 Å². The van der Waals surface area contributed by atoms with Crippen LogP contribution in [0.2, 0.25) is 0 Å². The normalized spacial score (nSPS) is 12.0. The Morgan fingerprint density at radius 3 is 2.21 bits per heavy atom. The molecular weight excluding hydrogens is 585 g/mol. The van der Waals surface area contributed by atoms with E-state index in [1.807, 2.05) is 61.5 Å². The molecule has 1 N–H and O–H groups in total. The van der Waals surface area contributed by atoms with Crippen molar-refractivity contribution < 1.29 is 22.4 Å². The van der Waals surface area contributed by atoms with Crippen LogP contribution in [-0.2, 0) is 32.6 Å². The fraction of sp³-hybridized carbons (Fsp3) is 0.310. The molecule has 0 aliphatic carbocycles. The fourth-order valence-corrected chi connectivity index (χ4v) is 5.50. The second kappa shape index (κ2) is 14.2. The summed E-state index contributed by atoms with van der Waals surface area (Å²) in [7, 11) is -3.79. The number of anilines is 1. The largest absolute Gasteiger partial charge is 0.355 e. The van der Waals surface area contributed by atoms with Gasteiger partial charge in [-0.1, -0.05) is 70.5 Å². The molecule has 0 saturated heterocycles. The number of amides is 2. The van der Waals surface area contributed by atoms with Crippen LogP contribution in [0.1, 0.15) is 30.9 Å². The van der Waals surface area contributed by atoms with E-state index in [-0.39, 0.29) is 43.4 Å². The Balaban J connectivity index is 1.86. The average Bonchev–Trinajstić information content (AvgIpc) is 2.90. The number of nitrogens with one attached hydrogen (secondary N) is 1. The van der Waals surface area contributed by atoms with Gasteiger partial charge in [-0.2, -0.15) is 0 Å². The Hall–Kier alpha value is -3.24. The molecule has 1 atom stereocenters. The maximum Gasteiger partial charge on any atom is 0.243 e. The lowest BCUT2D eigenvalue weighted by Crippen LogP contribution is -2.50. The highest BCUT2D eigenvalue weighted by atomic mass is 79.9. The zero-order chi connectivity index (χ0) is 28.4. The van der Waals surface area contributed by atoms with Crippen LogP contribution in [0.5, 0.6) is 0 Å². The van der Waals surface area contributed by atoms with Crippen LogP contribution >= 0.6 is 15.9 Å². The number of hydrogen-bond donors (Lipinski definition) is 1. The molecule has 0 heterocycles. The van der Waals surface area contributed by atoms with Gasteiger partial charge in [0.2, 0.25) is 21.8 Å². The van der Waals surface area contributed by atoms with E-state index >= 15 is 0 Å². The lowest BCUT2D eigenvalue weighted by molar-refractivity contribution is -0.141. The molecule has 0 spiro atoms. The van der Waals surface area contributed by atoms with E-state index in [0.717, 1.165) is 26.2 Å². The summed E-state index contributed by atoms with van der Waals surface area (Å²) in [5.74, 6) is -1.23. The summed E-state index contributed by atoms with van der Waals surface area (Å²) in [6.07, 6.45) is 1.44. The van der Waals surface area contributed by atoms with Crippen molar-refractivity contribution in [2.24, 2.45) is 0 Å². The van der Waals surface area contributed by atoms with Gasteiger partial charge in [0.25, 0.3) is 0 Å². The van der Waals surface area contributed by atoms with E-state index in [1.165, 1.54) is 18.2 Å². The lowest BCUT2D eigenvalue weighted by Gasteiger charge is -2.32. The number of nitrogens with zero attached hydrogens (tertiary/aromatic N) is 2. The Morgan fingerprint density at radius 1 is 0.949 bits per heavy atom. The first-order chi connectivity index (χ1) is 18.6. The number of carbonyl (C=O) groups is 2. The number of carbonyl (C=O) groups excluding carboxylic acids is 2. The van der Waals surface area contributed by atoms with Gasteiger partial charge in [0.1, 0.15) is 11.9 Å². The number of benzene rings is 3. The molecule has 0 aromatic heterocycles. The summed E-state index contributed by atoms with van der Waals surface area (Å²) in [6, 6.07) is 21.8. The molecule has 0 unspecified atom stereocenters. The van der Waals surface area contributed by atoms with E-state index in [0.29, 0.717) is 13.0 Å². The highest BCUT2D eigenvalue weighted by Crippen LogP contribution is 2.23. The van der Waals surface area contributed by atoms with Gasteiger partial charge >= 0.3 is 0 Å². The van der Waals surface area contributed by atoms with Gasteiger partial charge in [-0.3, -0.25) is 13.9 Å². The second-order valence-corrected chi connectivity index (χ2v) is 12.0. The van der Waals surface area contributed by atoms with Crippen LogP contribution in [0.15, 0.2) is 83.3 Å². The van der Waals surface area contributed by atoms with Crippen LogP contribution < -0.4 is 9.62 Å². The van der Waals surface area contributed by atoms with Crippen LogP contribution in [0.3, 0.4) is 0 Å². The SMILES string of the molecule is CCNC(=O)[C@H](Cc1ccccc1)N(Cc1ccc(Br)cc1)C(=O)CCCN(c1ccccc1F)S(C)(=O)=O. The van der Waals surface area contributed by atoms with Crippen molar-refractivity contribution in [3.05, 3.63) is 100 Å². The number of sulfonamides is 1. The van der Waals surface area contributed by atoms with E-state index in [1.54, 1.807) is 11.0 Å². The summed E-state index contributed by atoms with van der Waals surface area (Å²) >= 11 is 3.42. The molecule has 7 nitrogen and oxygen atoms in total. The molecule has 10 heteroatoms. The number of para-hydroxylation sites is 1. The molecule has 0 radical (unpaired) electrons. The number of likely N-dealkylation sites (N-methyl/N-ethyl adjacent to an activating group) is 1. The number of rotatable bonds is 13. The van der Waals surface area contributed by atoms with E-state index in [2.05, 4.69) is 21.2 Å². The van der Waals surface area contributed by atoms with Crippen molar-refractivity contribution in [2.45, 2.75) is 38.8 Å². The molecule has 0 fully saturated rings. The van der Waals surface area contributed by atoms with Crippen LogP contribution in [-0.4, -0.2) is 50.5 Å². The van der Waals surface area contributed by atoms with E-state index in [9.17, 15) is 22.4 Å². The molecule has 3 rings (SSSR count). The van der Waals surface area contributed by atoms with Crippen molar-refractivity contribution in [3.63, 3.8) is 0 Å². The molecule has 3 aromatic carbocycles. The number of halogens is 2. The van der Waals surface area contributed by atoms with Gasteiger partial charge in [-0.25, -0.2) is 12.8 Å². The molecule has 39 heavy (non-hydrogen) atoms. The van der Waals surface area contributed by atoms with E-state index < -0.39 is 21.9 Å². The second-order valence-electron chi connectivity index (χ2n) is 9.14. The Labute approximate surface area is 238 Å². The van der Waals surface area contributed by atoms with Crippen LogP contribution in [0.4, 0.5) is 10.1 Å². The maximum atomic E-state index is 14.4. The van der Waals surface area contributed by atoms with Gasteiger partial charge in [-0.15, -0.1) is 0 Å². The predicted octanol–water partition coefficient (Wildman–Crippen LogP) is 4.91. The fourth-order valence-electron chi connectivity index (χ4n) is 4.27. The smallest absolute Gasteiger partial charge is 0.243 e. The summed E-state index contributed by atoms with van der Waals surface area (Å²) in [5.41, 5.74) is 1.69. The number of hydrogen-bond acceptors (Lipinski definition) is 4. The first kappa shape index (κ1) is 30.3. The van der Waals surface area contributed by atoms with Crippen molar-refractivity contribution in [2.75, 3.05) is 23.7 Å². The first-order valence-electron chi connectivity index (χ1n) is 12.7. The maximum absolute atomic E-state index is 14.4. The molecule has 3 aromatic rings. The highest BCUT2D eigenvalue weighted by molar-refractivity contribution is 9.10. The Bertz CT molecular complexity index is 1350. The monoisotopic (exact) mass is 617 g/mol. The molecule has 0 bridgehead atoms. The third-order valence-electron chi connectivity index (χ3n) is 6.16. The molecule has 0 aliphatic rings. The molecule has 0 aliphatic heterocycles. The third-order valence-corrected chi connectivity index (χ3v) is 7.87. The lowest BCUT2D eigenvalue weighted by atomic mass is 10.0. The third kappa shape index (κ3) is 8.90. The molecule has 208 valence electrons. The first-order valence-corrected chi connectivity index (χ1v) is 15.3. The minimum atomic E-state index is -3.79. The zero-order valence-corrected chi connectivity index (χ0v) is 24.4. The molecular formula is C29H33BrFN3O4S. The van der Waals surface area contributed by atoms with Gasteiger partial charge in [0.05, 0.1) is 11.9 Å². The summed E-state index contributed by atoms with van der Waals surface area (Å²) < 4.78 is 41.1. The van der Waals surface area contributed by atoms with Gasteiger partial charge in [0, 0.05) is 36.9 Å². The van der Waals surface area contributed by atoms with E-state index in [4.69, 9.17) is 0 Å². The Kier molecular flexibility index (Phi) is 11.1. The van der Waals surface area contributed by atoms with Crippen molar-refractivity contribution in [3.8, 4) is 0 Å². The summed E-state index contributed by atoms with van der Waals surface area (Å²) in [6.45, 7) is 2.35. The quantitative estimate of drug-likeness (QED) is 0.295. The highest BCUT2D eigenvalue weighted by Gasteiger charge is 2.30. The molecule has 0 saturated carbocycles. The molecule has 2 amide bonds.